The maximum atomic E-state index is 13.6. The molecule has 2 aromatic heterocycles. The van der Waals surface area contributed by atoms with Crippen LogP contribution in [0.2, 0.25) is 0 Å². The van der Waals surface area contributed by atoms with Crippen molar-refractivity contribution in [3.05, 3.63) is 78.5 Å². The molecule has 0 saturated carbocycles. The van der Waals surface area contributed by atoms with E-state index in [1.807, 2.05) is 12.1 Å². The van der Waals surface area contributed by atoms with Crippen LogP contribution in [0.25, 0.3) is 11.3 Å². The molecule has 3 rings (SSSR count). The first-order valence-electron chi connectivity index (χ1n) is 8.82. The van der Waals surface area contributed by atoms with Gasteiger partial charge in [0.2, 0.25) is 15.9 Å². The molecule has 0 aliphatic carbocycles. The van der Waals surface area contributed by atoms with E-state index in [-0.39, 0.29) is 25.4 Å². The number of nitrogens with zero attached hydrogens (tertiary/aromatic N) is 2. The number of carbonyl (C=O) groups is 1. The van der Waals surface area contributed by atoms with Crippen LogP contribution in [0.4, 0.5) is 4.39 Å². The van der Waals surface area contributed by atoms with Crippen molar-refractivity contribution in [2.75, 3.05) is 6.54 Å². The molecule has 7 nitrogen and oxygen atoms in total. The van der Waals surface area contributed by atoms with Crippen molar-refractivity contribution in [3.8, 4) is 11.3 Å². The fourth-order valence-electron chi connectivity index (χ4n) is 2.67. The zero-order chi connectivity index (χ0) is 20.7. The van der Waals surface area contributed by atoms with E-state index in [0.717, 1.165) is 17.2 Å². The molecular formula is C20H19FN4O3S. The summed E-state index contributed by atoms with van der Waals surface area (Å²) in [5, 5.41) is 2.74. The average Bonchev–Trinajstić information content (AvgIpc) is 2.73. The predicted molar refractivity (Wildman–Crippen MR) is 106 cm³/mol. The Morgan fingerprint density at radius 3 is 2.59 bits per heavy atom. The Bertz CT molecular complexity index is 1090. The lowest BCUT2D eigenvalue weighted by molar-refractivity contribution is -0.121. The number of aromatic nitrogens is 2. The lowest BCUT2D eigenvalue weighted by Crippen LogP contribution is -2.31. The Balaban J connectivity index is 1.55. The molecule has 0 radical (unpaired) electrons. The first-order chi connectivity index (χ1) is 14.0. The standard InChI is InChI=1S/C20H19FN4O3S/c21-17-7-1-2-8-18(17)29(27,28)25-12-9-19(26)24-14-16-6-4-11-23-20(16)15-5-3-10-22-13-15/h1-8,10-11,13,25H,9,12,14H2,(H,24,26). The van der Waals surface area contributed by atoms with E-state index in [1.54, 1.807) is 30.7 Å². The Morgan fingerprint density at radius 2 is 1.83 bits per heavy atom. The van der Waals surface area contributed by atoms with Gasteiger partial charge in [-0.1, -0.05) is 18.2 Å². The van der Waals surface area contributed by atoms with Gasteiger partial charge in [-0.3, -0.25) is 14.8 Å². The predicted octanol–water partition coefficient (Wildman–Crippen LogP) is 2.27. The maximum Gasteiger partial charge on any atom is 0.243 e. The maximum absolute atomic E-state index is 13.6. The fourth-order valence-corrected chi connectivity index (χ4v) is 3.77. The number of sulfonamides is 1. The Morgan fingerprint density at radius 1 is 1.03 bits per heavy atom. The first kappa shape index (κ1) is 20.6. The minimum atomic E-state index is -4.02. The van der Waals surface area contributed by atoms with Crippen LogP contribution in [-0.4, -0.2) is 30.8 Å². The van der Waals surface area contributed by atoms with E-state index in [4.69, 9.17) is 0 Å². The van der Waals surface area contributed by atoms with Gasteiger partial charge in [0.25, 0.3) is 0 Å². The summed E-state index contributed by atoms with van der Waals surface area (Å²) in [6, 6.07) is 12.3. The molecule has 0 aliphatic rings. The summed E-state index contributed by atoms with van der Waals surface area (Å²) in [5.41, 5.74) is 2.34. The van der Waals surface area contributed by atoms with Crippen LogP contribution < -0.4 is 10.0 Å². The number of carbonyl (C=O) groups excluding carboxylic acids is 1. The van der Waals surface area contributed by atoms with Gasteiger partial charge in [0.1, 0.15) is 10.7 Å². The molecule has 0 bridgehead atoms. The monoisotopic (exact) mass is 414 g/mol. The van der Waals surface area contributed by atoms with Gasteiger partial charge in [0, 0.05) is 43.7 Å². The second-order valence-electron chi connectivity index (χ2n) is 6.11. The third-order valence-electron chi connectivity index (χ3n) is 4.07. The first-order valence-corrected chi connectivity index (χ1v) is 10.3. The molecule has 3 aromatic rings. The van der Waals surface area contributed by atoms with Gasteiger partial charge in [-0.25, -0.2) is 17.5 Å². The number of amides is 1. The van der Waals surface area contributed by atoms with Gasteiger partial charge in [-0.05, 0) is 35.9 Å². The molecule has 0 atom stereocenters. The van der Waals surface area contributed by atoms with Crippen molar-refractivity contribution in [1.82, 2.24) is 20.0 Å². The van der Waals surface area contributed by atoms with Crippen LogP contribution in [0.5, 0.6) is 0 Å². The van der Waals surface area contributed by atoms with Crippen LogP contribution in [-0.2, 0) is 21.4 Å². The highest BCUT2D eigenvalue weighted by Crippen LogP contribution is 2.19. The number of hydrogen-bond acceptors (Lipinski definition) is 5. The normalized spacial score (nSPS) is 11.2. The summed E-state index contributed by atoms with van der Waals surface area (Å²) in [6.07, 6.45) is 4.92. The Labute approximate surface area is 168 Å². The molecule has 150 valence electrons. The highest BCUT2D eigenvalue weighted by atomic mass is 32.2. The zero-order valence-corrected chi connectivity index (χ0v) is 16.2. The van der Waals surface area contributed by atoms with Crippen molar-refractivity contribution in [3.63, 3.8) is 0 Å². The molecule has 2 heterocycles. The van der Waals surface area contributed by atoms with Gasteiger partial charge < -0.3 is 5.32 Å². The number of benzene rings is 1. The third-order valence-corrected chi connectivity index (χ3v) is 5.57. The Kier molecular flexibility index (Phi) is 6.63. The molecule has 1 aromatic carbocycles. The van der Waals surface area contributed by atoms with Crippen LogP contribution in [0, 0.1) is 5.82 Å². The molecule has 2 N–H and O–H groups in total. The summed E-state index contributed by atoms with van der Waals surface area (Å²) < 4.78 is 40.1. The van der Waals surface area contributed by atoms with Crippen LogP contribution in [0.3, 0.4) is 0 Å². The van der Waals surface area contributed by atoms with E-state index >= 15 is 0 Å². The number of nitrogens with one attached hydrogen (secondary N) is 2. The van der Waals surface area contributed by atoms with Crippen molar-refractivity contribution in [2.45, 2.75) is 17.9 Å². The summed E-state index contributed by atoms with van der Waals surface area (Å²) in [7, 11) is -4.02. The van der Waals surface area contributed by atoms with Crippen LogP contribution in [0.15, 0.2) is 72.0 Å². The van der Waals surface area contributed by atoms with Gasteiger partial charge >= 0.3 is 0 Å². The summed E-state index contributed by atoms with van der Waals surface area (Å²) >= 11 is 0. The minimum absolute atomic E-state index is 0.0871. The number of pyridine rings is 2. The van der Waals surface area contributed by atoms with Crippen LogP contribution >= 0.6 is 0 Å². The summed E-state index contributed by atoms with van der Waals surface area (Å²) in [4.78, 5) is 20.1. The largest absolute Gasteiger partial charge is 0.352 e. The van der Waals surface area contributed by atoms with E-state index in [9.17, 15) is 17.6 Å². The minimum Gasteiger partial charge on any atom is -0.352 e. The molecule has 1 amide bonds. The zero-order valence-electron chi connectivity index (χ0n) is 15.4. The summed E-state index contributed by atoms with van der Waals surface area (Å²) in [5.74, 6) is -1.19. The highest BCUT2D eigenvalue weighted by Gasteiger charge is 2.18. The van der Waals surface area contributed by atoms with E-state index < -0.39 is 20.7 Å². The van der Waals surface area contributed by atoms with Crippen molar-refractivity contribution >= 4 is 15.9 Å². The number of halogens is 1. The second-order valence-corrected chi connectivity index (χ2v) is 7.84. The quantitative estimate of drug-likeness (QED) is 0.589. The molecule has 9 heteroatoms. The van der Waals surface area contributed by atoms with Gasteiger partial charge in [-0.15, -0.1) is 0 Å². The van der Waals surface area contributed by atoms with Gasteiger partial charge in [0.15, 0.2) is 0 Å². The third kappa shape index (κ3) is 5.43. The molecule has 0 saturated heterocycles. The molecule has 0 spiro atoms. The van der Waals surface area contributed by atoms with Gasteiger partial charge in [0.05, 0.1) is 5.69 Å². The Hall–Kier alpha value is -3.17. The topological polar surface area (TPSA) is 101 Å². The second kappa shape index (κ2) is 9.35. The summed E-state index contributed by atoms with van der Waals surface area (Å²) in [6.45, 7) is 0.0853. The lowest BCUT2D eigenvalue weighted by atomic mass is 10.1. The molecule has 0 aliphatic heterocycles. The average molecular weight is 414 g/mol. The van der Waals surface area contributed by atoms with Crippen molar-refractivity contribution in [1.29, 1.82) is 0 Å². The molecular weight excluding hydrogens is 395 g/mol. The molecule has 0 unspecified atom stereocenters. The van der Waals surface area contributed by atoms with Crippen molar-refractivity contribution < 1.29 is 17.6 Å². The molecule has 0 fully saturated rings. The lowest BCUT2D eigenvalue weighted by Gasteiger charge is -2.10. The smallest absolute Gasteiger partial charge is 0.243 e. The van der Waals surface area contributed by atoms with Crippen LogP contribution in [0.1, 0.15) is 12.0 Å². The van der Waals surface area contributed by atoms with E-state index in [0.29, 0.717) is 5.69 Å². The molecule has 29 heavy (non-hydrogen) atoms. The van der Waals surface area contributed by atoms with E-state index in [1.165, 1.54) is 18.2 Å². The highest BCUT2D eigenvalue weighted by molar-refractivity contribution is 7.89. The fraction of sp³-hybridized carbons (Fsp3) is 0.150. The van der Waals surface area contributed by atoms with Gasteiger partial charge in [-0.2, -0.15) is 0 Å². The van der Waals surface area contributed by atoms with E-state index in [2.05, 4.69) is 20.0 Å². The SMILES string of the molecule is O=C(CCNS(=O)(=O)c1ccccc1F)NCc1cccnc1-c1cccnc1. The number of hydrogen-bond donors (Lipinski definition) is 2. The number of rotatable bonds is 8. The van der Waals surface area contributed by atoms with Crippen molar-refractivity contribution in [2.24, 2.45) is 0 Å².